The van der Waals surface area contributed by atoms with Crippen LogP contribution in [0.5, 0.6) is 0 Å². The summed E-state index contributed by atoms with van der Waals surface area (Å²) in [6.07, 6.45) is 1.37. The Morgan fingerprint density at radius 2 is 1.80 bits per heavy atom. The zero-order chi connectivity index (χ0) is 15.3. The van der Waals surface area contributed by atoms with E-state index < -0.39 is 0 Å². The first-order chi connectivity index (χ1) is 9.34. The van der Waals surface area contributed by atoms with Crippen molar-refractivity contribution in [3.63, 3.8) is 0 Å². The molecule has 0 fully saturated rings. The maximum Gasteiger partial charge on any atom is 0.307 e. The lowest BCUT2D eigenvalue weighted by Crippen LogP contribution is -2.43. The molecule has 0 saturated carbocycles. The second-order valence-corrected chi connectivity index (χ2v) is 5.79. The fourth-order valence-electron chi connectivity index (χ4n) is 3.05. The lowest BCUT2D eigenvalue weighted by atomic mass is 9.82. The molecule has 0 amide bonds. The van der Waals surface area contributed by atoms with E-state index in [4.69, 9.17) is 4.74 Å². The number of rotatable bonds is 6. The molecule has 0 radical (unpaired) electrons. The summed E-state index contributed by atoms with van der Waals surface area (Å²) in [7, 11) is 1.44. The van der Waals surface area contributed by atoms with Gasteiger partial charge in [-0.2, -0.15) is 0 Å². The highest BCUT2D eigenvalue weighted by Crippen LogP contribution is 2.31. The van der Waals surface area contributed by atoms with Gasteiger partial charge in [0.1, 0.15) is 0 Å². The third-order valence-electron chi connectivity index (χ3n) is 3.72. The Kier molecular flexibility index (Phi) is 5.75. The standard InChI is InChI=1S/C17H27NO2/c1-7-8-18-17(5,11-15(19)20-6)16-13(3)9-12(2)10-14(16)4/h9-10,18H,7-8,11H2,1-6H3. The molecule has 0 spiro atoms. The quantitative estimate of drug-likeness (QED) is 0.810. The molecule has 20 heavy (non-hydrogen) atoms. The van der Waals surface area contributed by atoms with Gasteiger partial charge in [-0.05, 0) is 57.4 Å². The van der Waals surface area contributed by atoms with Crippen molar-refractivity contribution in [3.8, 4) is 0 Å². The van der Waals surface area contributed by atoms with Crippen LogP contribution in [0.2, 0.25) is 0 Å². The van der Waals surface area contributed by atoms with Gasteiger partial charge in [0.05, 0.1) is 19.1 Å². The van der Waals surface area contributed by atoms with E-state index >= 15 is 0 Å². The molecule has 0 saturated heterocycles. The molecule has 0 aromatic heterocycles. The molecule has 1 atom stereocenters. The number of methoxy groups -OCH3 is 1. The normalized spacial score (nSPS) is 13.9. The van der Waals surface area contributed by atoms with E-state index in [2.05, 4.69) is 52.1 Å². The molecule has 0 aliphatic heterocycles. The van der Waals surface area contributed by atoms with Crippen molar-refractivity contribution in [2.24, 2.45) is 0 Å². The number of aryl methyl sites for hydroxylation is 3. The van der Waals surface area contributed by atoms with E-state index in [1.165, 1.54) is 29.4 Å². The molecule has 1 rings (SSSR count). The molecule has 1 N–H and O–H groups in total. The van der Waals surface area contributed by atoms with Crippen molar-refractivity contribution >= 4 is 5.97 Å². The Morgan fingerprint density at radius 1 is 1.25 bits per heavy atom. The van der Waals surface area contributed by atoms with E-state index in [0.29, 0.717) is 6.42 Å². The summed E-state index contributed by atoms with van der Waals surface area (Å²) >= 11 is 0. The Balaban J connectivity index is 3.26. The number of carbonyl (C=O) groups excluding carboxylic acids is 1. The van der Waals surface area contributed by atoms with Crippen molar-refractivity contribution in [2.75, 3.05) is 13.7 Å². The summed E-state index contributed by atoms with van der Waals surface area (Å²) in [4.78, 5) is 11.8. The highest BCUT2D eigenvalue weighted by atomic mass is 16.5. The van der Waals surface area contributed by atoms with Gasteiger partial charge in [0.15, 0.2) is 0 Å². The van der Waals surface area contributed by atoms with E-state index in [-0.39, 0.29) is 11.5 Å². The lowest BCUT2D eigenvalue weighted by Gasteiger charge is -2.33. The molecule has 0 aliphatic carbocycles. The van der Waals surface area contributed by atoms with Gasteiger partial charge in [0.2, 0.25) is 0 Å². The van der Waals surface area contributed by atoms with Gasteiger partial charge in [0, 0.05) is 0 Å². The second-order valence-electron chi connectivity index (χ2n) is 5.79. The monoisotopic (exact) mass is 277 g/mol. The molecule has 112 valence electrons. The third kappa shape index (κ3) is 3.83. The average Bonchev–Trinajstić information content (AvgIpc) is 2.34. The summed E-state index contributed by atoms with van der Waals surface area (Å²) in [5, 5.41) is 3.53. The summed E-state index contributed by atoms with van der Waals surface area (Å²) in [6, 6.07) is 4.34. The van der Waals surface area contributed by atoms with Gasteiger partial charge in [-0.15, -0.1) is 0 Å². The summed E-state index contributed by atoms with van der Waals surface area (Å²) in [5.41, 5.74) is 4.52. The zero-order valence-electron chi connectivity index (χ0n) is 13.6. The summed E-state index contributed by atoms with van der Waals surface area (Å²) < 4.78 is 4.87. The molecule has 0 bridgehead atoms. The van der Waals surface area contributed by atoms with Crippen molar-refractivity contribution in [1.82, 2.24) is 5.32 Å². The van der Waals surface area contributed by atoms with Gasteiger partial charge in [-0.25, -0.2) is 0 Å². The van der Waals surface area contributed by atoms with Crippen molar-refractivity contribution < 1.29 is 9.53 Å². The first kappa shape index (κ1) is 16.7. The minimum atomic E-state index is -0.384. The first-order valence-electron chi connectivity index (χ1n) is 7.24. The van der Waals surface area contributed by atoms with Crippen LogP contribution in [0, 0.1) is 20.8 Å². The van der Waals surface area contributed by atoms with Crippen LogP contribution in [-0.2, 0) is 15.1 Å². The van der Waals surface area contributed by atoms with Gasteiger partial charge in [-0.1, -0.05) is 24.6 Å². The largest absolute Gasteiger partial charge is 0.469 e. The molecular weight excluding hydrogens is 250 g/mol. The van der Waals surface area contributed by atoms with Crippen LogP contribution in [0.25, 0.3) is 0 Å². The van der Waals surface area contributed by atoms with Crippen molar-refractivity contribution in [2.45, 2.75) is 53.0 Å². The predicted molar refractivity (Wildman–Crippen MR) is 82.9 cm³/mol. The van der Waals surface area contributed by atoms with Crippen LogP contribution in [0.1, 0.15) is 48.9 Å². The second kappa shape index (κ2) is 6.89. The van der Waals surface area contributed by atoms with Gasteiger partial charge in [0.25, 0.3) is 0 Å². The van der Waals surface area contributed by atoms with Crippen LogP contribution < -0.4 is 5.32 Å². The van der Waals surface area contributed by atoms with Crippen LogP contribution in [0.15, 0.2) is 12.1 Å². The molecule has 3 heteroatoms. The van der Waals surface area contributed by atoms with E-state index in [0.717, 1.165) is 13.0 Å². The molecule has 1 unspecified atom stereocenters. The maximum atomic E-state index is 11.8. The lowest BCUT2D eigenvalue weighted by molar-refractivity contribution is -0.142. The summed E-state index contributed by atoms with van der Waals surface area (Å²) in [6.45, 7) is 11.4. The van der Waals surface area contributed by atoms with E-state index in [9.17, 15) is 4.79 Å². The average molecular weight is 277 g/mol. The number of benzene rings is 1. The smallest absolute Gasteiger partial charge is 0.307 e. The van der Waals surface area contributed by atoms with Crippen LogP contribution >= 0.6 is 0 Å². The number of carbonyl (C=O) groups is 1. The Morgan fingerprint density at radius 3 is 2.25 bits per heavy atom. The van der Waals surface area contributed by atoms with Crippen LogP contribution in [0.3, 0.4) is 0 Å². The number of esters is 1. The SMILES string of the molecule is CCCNC(C)(CC(=O)OC)c1c(C)cc(C)cc1C. The minimum Gasteiger partial charge on any atom is -0.469 e. The Bertz CT molecular complexity index is 459. The Labute approximate surface area is 122 Å². The highest BCUT2D eigenvalue weighted by molar-refractivity contribution is 5.71. The first-order valence-corrected chi connectivity index (χ1v) is 7.24. The Hall–Kier alpha value is -1.35. The zero-order valence-corrected chi connectivity index (χ0v) is 13.6. The molecular formula is C17H27NO2. The van der Waals surface area contributed by atoms with Crippen LogP contribution in [-0.4, -0.2) is 19.6 Å². The minimum absolute atomic E-state index is 0.185. The predicted octanol–water partition coefficient (Wildman–Crippen LogP) is 3.39. The number of nitrogens with one attached hydrogen (secondary N) is 1. The fraction of sp³-hybridized carbons (Fsp3) is 0.588. The number of ether oxygens (including phenoxy) is 1. The van der Waals surface area contributed by atoms with Gasteiger partial charge in [-0.3, -0.25) is 4.79 Å². The van der Waals surface area contributed by atoms with Gasteiger partial charge < -0.3 is 10.1 Å². The molecule has 1 aromatic carbocycles. The maximum absolute atomic E-state index is 11.8. The molecule has 0 aliphatic rings. The number of hydrogen-bond donors (Lipinski definition) is 1. The highest BCUT2D eigenvalue weighted by Gasteiger charge is 2.32. The molecule has 3 nitrogen and oxygen atoms in total. The summed E-state index contributed by atoms with van der Waals surface area (Å²) in [5.74, 6) is -0.185. The van der Waals surface area contributed by atoms with E-state index in [1.807, 2.05) is 0 Å². The van der Waals surface area contributed by atoms with E-state index in [1.54, 1.807) is 0 Å². The molecule has 1 aromatic rings. The molecule has 0 heterocycles. The van der Waals surface area contributed by atoms with Crippen molar-refractivity contribution in [3.05, 3.63) is 34.4 Å². The fourth-order valence-corrected chi connectivity index (χ4v) is 3.05. The van der Waals surface area contributed by atoms with Gasteiger partial charge >= 0.3 is 5.97 Å². The van der Waals surface area contributed by atoms with Crippen LogP contribution in [0.4, 0.5) is 0 Å². The third-order valence-corrected chi connectivity index (χ3v) is 3.72. The number of hydrogen-bond acceptors (Lipinski definition) is 3. The topological polar surface area (TPSA) is 38.3 Å². The van der Waals surface area contributed by atoms with Crippen molar-refractivity contribution in [1.29, 1.82) is 0 Å².